The summed E-state index contributed by atoms with van der Waals surface area (Å²) in [5.41, 5.74) is 5.91. The lowest BCUT2D eigenvalue weighted by Crippen LogP contribution is -2.42. The molecule has 2 aliphatic rings. The van der Waals surface area contributed by atoms with E-state index in [4.69, 9.17) is 26.4 Å². The van der Waals surface area contributed by atoms with E-state index in [0.29, 0.717) is 25.4 Å². The van der Waals surface area contributed by atoms with E-state index in [-0.39, 0.29) is 10.9 Å². The summed E-state index contributed by atoms with van der Waals surface area (Å²) >= 11 is 6.79. The first kappa shape index (κ1) is 21.9. The molecule has 29 heavy (non-hydrogen) atoms. The number of nitrogens with zero attached hydrogens (tertiary/aromatic N) is 2. The molecule has 2 aliphatic heterocycles. The van der Waals surface area contributed by atoms with Crippen molar-refractivity contribution in [3.05, 3.63) is 24.0 Å². The maximum atomic E-state index is 14.5. The minimum atomic E-state index is -0.526. The van der Waals surface area contributed by atoms with E-state index in [1.807, 2.05) is 11.8 Å². The summed E-state index contributed by atoms with van der Waals surface area (Å²) in [5.74, 6) is 1.93. The number of carbonyl (C=O) groups excluding carboxylic acids is 1. The van der Waals surface area contributed by atoms with Crippen LogP contribution in [0.2, 0.25) is 0 Å². The van der Waals surface area contributed by atoms with Crippen LogP contribution in [-0.4, -0.2) is 80.2 Å². The number of hydrogen-bond acceptors (Lipinski definition) is 8. The molecule has 0 spiro atoms. The Morgan fingerprint density at radius 1 is 1.41 bits per heavy atom. The molecule has 0 saturated carbocycles. The van der Waals surface area contributed by atoms with Crippen molar-refractivity contribution in [2.45, 2.75) is 6.10 Å². The number of thiocarbonyl (C=S) groups is 1. The first-order chi connectivity index (χ1) is 14.1. The van der Waals surface area contributed by atoms with Crippen molar-refractivity contribution in [1.82, 2.24) is 15.8 Å². The molecule has 3 rings (SSSR count). The molecule has 2 saturated heterocycles. The topological polar surface area (TPSA) is 75.3 Å². The molecule has 2 N–H and O–H groups in total. The van der Waals surface area contributed by atoms with Crippen LogP contribution >= 0.6 is 24.0 Å². The van der Waals surface area contributed by atoms with Crippen LogP contribution in [0.25, 0.3) is 0 Å². The smallest absolute Gasteiger partial charge is 0.414 e. The average molecular weight is 445 g/mol. The van der Waals surface area contributed by atoms with Crippen LogP contribution < -0.4 is 20.5 Å². The maximum Gasteiger partial charge on any atom is 0.414 e. The summed E-state index contributed by atoms with van der Waals surface area (Å²) in [6, 6.07) is 4.50. The Bertz CT molecular complexity index is 721. The zero-order valence-electron chi connectivity index (χ0n) is 16.2. The van der Waals surface area contributed by atoms with Crippen molar-refractivity contribution in [2.75, 3.05) is 62.8 Å². The SMILES string of the molecule is COC(=S)NNC[C@H]1CN(c2ccc(OCCN3CCSCC3)c(F)c2)C(=O)O1. The number of carbonyl (C=O) groups is 1. The van der Waals surface area contributed by atoms with Crippen molar-refractivity contribution < 1.29 is 23.4 Å². The third-order valence-electron chi connectivity index (χ3n) is 4.58. The highest BCUT2D eigenvalue weighted by Crippen LogP contribution is 2.27. The van der Waals surface area contributed by atoms with Crippen molar-refractivity contribution in [3.63, 3.8) is 0 Å². The standard InChI is InChI=1S/C18H25FN4O4S2/c1-25-17(28)21-20-11-14-12-23(18(24)27-14)13-2-3-16(15(19)10-13)26-7-4-22-5-8-29-9-6-22/h2-3,10,14,20H,4-9,11-12H2,1H3,(H,21,28)/t14-/m0/s1. The number of ether oxygens (including phenoxy) is 3. The van der Waals surface area contributed by atoms with Gasteiger partial charge in [-0.1, -0.05) is 0 Å². The van der Waals surface area contributed by atoms with E-state index < -0.39 is 18.0 Å². The number of cyclic esters (lactones) is 1. The molecule has 8 nitrogen and oxygen atoms in total. The molecule has 11 heteroatoms. The van der Waals surface area contributed by atoms with Crippen LogP contribution in [0.1, 0.15) is 0 Å². The van der Waals surface area contributed by atoms with Gasteiger partial charge in [0.2, 0.25) is 0 Å². The minimum Gasteiger partial charge on any atom is -0.489 e. The summed E-state index contributed by atoms with van der Waals surface area (Å²) < 4.78 is 30.1. The molecule has 2 heterocycles. The quantitative estimate of drug-likeness (QED) is 0.459. The zero-order chi connectivity index (χ0) is 20.6. The lowest BCUT2D eigenvalue weighted by Gasteiger charge is -2.25. The number of methoxy groups -OCH3 is 1. The molecule has 1 aromatic rings. The van der Waals surface area contributed by atoms with Crippen molar-refractivity contribution in [1.29, 1.82) is 0 Å². The lowest BCUT2D eigenvalue weighted by molar-refractivity contribution is 0.139. The van der Waals surface area contributed by atoms with E-state index in [9.17, 15) is 9.18 Å². The third kappa shape index (κ3) is 6.33. The van der Waals surface area contributed by atoms with E-state index in [0.717, 1.165) is 31.1 Å². The fourth-order valence-electron chi connectivity index (χ4n) is 3.01. The minimum absolute atomic E-state index is 0.183. The van der Waals surface area contributed by atoms with Gasteiger partial charge in [-0.25, -0.2) is 14.6 Å². The van der Waals surface area contributed by atoms with E-state index >= 15 is 0 Å². The highest BCUT2D eigenvalue weighted by Gasteiger charge is 2.32. The zero-order valence-corrected chi connectivity index (χ0v) is 17.8. The highest BCUT2D eigenvalue weighted by atomic mass is 32.2. The van der Waals surface area contributed by atoms with E-state index in [2.05, 4.69) is 15.8 Å². The number of benzene rings is 1. The molecule has 1 amide bonds. The normalized spacial score (nSPS) is 19.7. The van der Waals surface area contributed by atoms with Gasteiger partial charge in [0, 0.05) is 37.2 Å². The second-order valence-corrected chi connectivity index (χ2v) is 8.13. The van der Waals surface area contributed by atoms with Gasteiger partial charge in [-0.15, -0.1) is 0 Å². The van der Waals surface area contributed by atoms with Gasteiger partial charge in [0.05, 0.1) is 25.9 Å². The number of thioether (sulfide) groups is 1. The Hall–Kier alpha value is -1.82. The predicted molar refractivity (Wildman–Crippen MR) is 114 cm³/mol. The van der Waals surface area contributed by atoms with Crippen LogP contribution in [0.4, 0.5) is 14.9 Å². The van der Waals surface area contributed by atoms with E-state index in [1.54, 1.807) is 12.1 Å². The highest BCUT2D eigenvalue weighted by molar-refractivity contribution is 7.99. The molecule has 1 aromatic carbocycles. The van der Waals surface area contributed by atoms with Crippen LogP contribution in [0.5, 0.6) is 5.75 Å². The predicted octanol–water partition coefficient (Wildman–Crippen LogP) is 1.60. The second-order valence-electron chi connectivity index (χ2n) is 6.53. The number of anilines is 1. The van der Waals surface area contributed by atoms with Gasteiger partial charge in [0.1, 0.15) is 12.7 Å². The van der Waals surface area contributed by atoms with Crippen molar-refractivity contribution >= 4 is 40.9 Å². The van der Waals surface area contributed by atoms with Gasteiger partial charge in [0.15, 0.2) is 11.6 Å². The number of hydrogen-bond donors (Lipinski definition) is 2. The molecule has 0 aromatic heterocycles. The van der Waals surface area contributed by atoms with Crippen molar-refractivity contribution in [3.8, 4) is 5.75 Å². The summed E-state index contributed by atoms with van der Waals surface area (Å²) in [6.07, 6.45) is -0.932. The van der Waals surface area contributed by atoms with Gasteiger partial charge >= 0.3 is 6.09 Å². The van der Waals surface area contributed by atoms with Gasteiger partial charge in [-0.05, 0) is 24.4 Å². The Kier molecular flexibility index (Phi) is 8.16. The summed E-state index contributed by atoms with van der Waals surface area (Å²) in [7, 11) is 1.45. The van der Waals surface area contributed by atoms with E-state index in [1.165, 1.54) is 18.1 Å². The van der Waals surface area contributed by atoms with Gasteiger partial charge in [-0.3, -0.25) is 15.2 Å². The first-order valence-corrected chi connectivity index (χ1v) is 10.9. The Morgan fingerprint density at radius 3 is 2.93 bits per heavy atom. The third-order valence-corrected chi connectivity index (χ3v) is 5.79. The molecule has 0 unspecified atom stereocenters. The monoisotopic (exact) mass is 444 g/mol. The fourth-order valence-corrected chi connectivity index (χ4v) is 4.06. The van der Waals surface area contributed by atoms with Crippen LogP contribution in [0.15, 0.2) is 18.2 Å². The number of amides is 1. The lowest BCUT2D eigenvalue weighted by atomic mass is 10.2. The molecular formula is C18H25FN4O4S2. The molecular weight excluding hydrogens is 419 g/mol. The molecule has 0 aliphatic carbocycles. The summed E-state index contributed by atoms with van der Waals surface area (Å²) in [6.45, 7) is 3.89. The Balaban J connectivity index is 1.48. The summed E-state index contributed by atoms with van der Waals surface area (Å²) in [5, 5.41) is 0.183. The van der Waals surface area contributed by atoms with Crippen LogP contribution in [0.3, 0.4) is 0 Å². The maximum absolute atomic E-state index is 14.5. The largest absolute Gasteiger partial charge is 0.489 e. The molecule has 0 radical (unpaired) electrons. The van der Waals surface area contributed by atoms with Crippen molar-refractivity contribution in [2.24, 2.45) is 0 Å². The number of hydrazine groups is 1. The second kappa shape index (κ2) is 10.8. The molecule has 1 atom stereocenters. The number of rotatable bonds is 8. The Labute approximate surface area is 179 Å². The number of nitrogens with one attached hydrogen (secondary N) is 2. The number of halogens is 1. The Morgan fingerprint density at radius 2 is 2.21 bits per heavy atom. The first-order valence-electron chi connectivity index (χ1n) is 9.34. The molecule has 2 fully saturated rings. The summed E-state index contributed by atoms with van der Waals surface area (Å²) in [4.78, 5) is 15.8. The van der Waals surface area contributed by atoms with Crippen LogP contribution in [0, 0.1) is 5.82 Å². The average Bonchev–Trinajstić information content (AvgIpc) is 3.10. The van der Waals surface area contributed by atoms with Crippen LogP contribution in [-0.2, 0) is 9.47 Å². The van der Waals surface area contributed by atoms with Gasteiger partial charge in [-0.2, -0.15) is 11.8 Å². The van der Waals surface area contributed by atoms with Gasteiger partial charge in [0.25, 0.3) is 5.17 Å². The fraction of sp³-hybridized carbons (Fsp3) is 0.556. The molecule has 0 bridgehead atoms. The van der Waals surface area contributed by atoms with Gasteiger partial charge < -0.3 is 14.2 Å². The molecule has 160 valence electrons.